The molecule has 0 unspecified atom stereocenters. The van der Waals surface area contributed by atoms with Crippen LogP contribution in [0, 0.1) is 11.6 Å². The molecule has 0 bridgehead atoms. The van der Waals surface area contributed by atoms with Crippen LogP contribution in [0.1, 0.15) is 5.69 Å². The summed E-state index contributed by atoms with van der Waals surface area (Å²) < 4.78 is 24.5. The smallest absolute Gasteiger partial charge is 0.177 e. The molecule has 0 aliphatic carbocycles. The normalized spacial score (nSPS) is 9.40. The lowest BCUT2D eigenvalue weighted by atomic mass is 10.3. The molecular formula is C7H5F2N. The average molecular weight is 141 g/mol. The minimum atomic E-state index is -0.939. The second-order valence-corrected chi connectivity index (χ2v) is 1.73. The van der Waals surface area contributed by atoms with Crippen molar-refractivity contribution < 1.29 is 8.78 Å². The zero-order valence-electron chi connectivity index (χ0n) is 5.14. The number of rotatable bonds is 1. The summed E-state index contributed by atoms with van der Waals surface area (Å²) in [5.74, 6) is -1.84. The summed E-state index contributed by atoms with van der Waals surface area (Å²) in [7, 11) is 0. The van der Waals surface area contributed by atoms with Gasteiger partial charge in [0, 0.05) is 6.07 Å². The van der Waals surface area contributed by atoms with Crippen molar-refractivity contribution >= 4 is 6.08 Å². The van der Waals surface area contributed by atoms with E-state index < -0.39 is 11.6 Å². The van der Waals surface area contributed by atoms with Gasteiger partial charge in [0.05, 0.1) is 11.9 Å². The molecule has 0 spiro atoms. The van der Waals surface area contributed by atoms with Gasteiger partial charge in [0.15, 0.2) is 11.6 Å². The maximum Gasteiger partial charge on any atom is 0.177 e. The molecule has 0 saturated heterocycles. The number of hydrogen-bond donors (Lipinski definition) is 0. The van der Waals surface area contributed by atoms with Crippen molar-refractivity contribution in [1.29, 1.82) is 0 Å². The molecule has 0 amide bonds. The van der Waals surface area contributed by atoms with Gasteiger partial charge in [0.1, 0.15) is 0 Å². The van der Waals surface area contributed by atoms with Crippen molar-refractivity contribution in [2.24, 2.45) is 0 Å². The van der Waals surface area contributed by atoms with E-state index in [4.69, 9.17) is 0 Å². The monoisotopic (exact) mass is 141 g/mol. The first kappa shape index (κ1) is 6.86. The Balaban J connectivity index is 3.16. The molecule has 10 heavy (non-hydrogen) atoms. The SMILES string of the molecule is C=Cc1cc(F)c(F)cn1. The van der Waals surface area contributed by atoms with Gasteiger partial charge in [-0.25, -0.2) is 8.78 Å². The van der Waals surface area contributed by atoms with Gasteiger partial charge >= 0.3 is 0 Å². The van der Waals surface area contributed by atoms with E-state index in [1.54, 1.807) is 0 Å². The summed E-state index contributed by atoms with van der Waals surface area (Å²) in [6.45, 7) is 3.35. The summed E-state index contributed by atoms with van der Waals surface area (Å²) in [6.07, 6.45) is 2.18. The van der Waals surface area contributed by atoms with E-state index >= 15 is 0 Å². The molecule has 1 rings (SSSR count). The van der Waals surface area contributed by atoms with Crippen LogP contribution in [0.15, 0.2) is 18.8 Å². The predicted molar refractivity (Wildman–Crippen MR) is 34.2 cm³/mol. The topological polar surface area (TPSA) is 12.9 Å². The zero-order chi connectivity index (χ0) is 7.56. The van der Waals surface area contributed by atoms with Crippen LogP contribution in [0.4, 0.5) is 8.78 Å². The van der Waals surface area contributed by atoms with Crippen molar-refractivity contribution in [2.45, 2.75) is 0 Å². The largest absolute Gasteiger partial charge is 0.254 e. The molecule has 0 N–H and O–H groups in total. The van der Waals surface area contributed by atoms with Crippen molar-refractivity contribution in [3.8, 4) is 0 Å². The summed E-state index contributed by atoms with van der Waals surface area (Å²) >= 11 is 0. The van der Waals surface area contributed by atoms with E-state index in [-0.39, 0.29) is 0 Å². The number of pyridine rings is 1. The van der Waals surface area contributed by atoms with E-state index in [1.165, 1.54) is 6.08 Å². The summed E-state index contributed by atoms with van der Waals surface area (Å²) in [5, 5.41) is 0. The van der Waals surface area contributed by atoms with Crippen LogP contribution < -0.4 is 0 Å². The number of aromatic nitrogens is 1. The fourth-order valence-electron chi connectivity index (χ4n) is 0.541. The Morgan fingerprint density at radius 1 is 1.40 bits per heavy atom. The molecule has 3 heteroatoms. The van der Waals surface area contributed by atoms with Crippen molar-refractivity contribution in [3.63, 3.8) is 0 Å². The highest BCUT2D eigenvalue weighted by atomic mass is 19.2. The number of hydrogen-bond acceptors (Lipinski definition) is 1. The third-order valence-corrected chi connectivity index (χ3v) is 1.04. The molecule has 1 aromatic rings. The maximum absolute atomic E-state index is 12.3. The van der Waals surface area contributed by atoms with Gasteiger partial charge in [-0.05, 0) is 6.08 Å². The summed E-state index contributed by atoms with van der Waals surface area (Å²) in [6, 6.07) is 0.988. The Morgan fingerprint density at radius 3 is 2.60 bits per heavy atom. The van der Waals surface area contributed by atoms with E-state index in [9.17, 15) is 8.78 Å². The van der Waals surface area contributed by atoms with Crippen molar-refractivity contribution in [2.75, 3.05) is 0 Å². The fraction of sp³-hybridized carbons (Fsp3) is 0. The van der Waals surface area contributed by atoms with Gasteiger partial charge in [0.25, 0.3) is 0 Å². The Bertz CT molecular complexity index is 258. The standard InChI is InChI=1S/C7H5F2N/c1-2-5-3-6(8)7(9)4-10-5/h2-4H,1H2. The highest BCUT2D eigenvalue weighted by molar-refractivity contribution is 5.40. The van der Waals surface area contributed by atoms with E-state index in [1.807, 2.05) is 0 Å². The molecule has 1 nitrogen and oxygen atoms in total. The Kier molecular flexibility index (Phi) is 1.76. The highest BCUT2D eigenvalue weighted by Gasteiger charge is 1.99. The molecule has 0 aliphatic rings. The van der Waals surface area contributed by atoms with Gasteiger partial charge in [-0.15, -0.1) is 0 Å². The average Bonchev–Trinajstić information content (AvgIpc) is 1.95. The third-order valence-electron chi connectivity index (χ3n) is 1.04. The number of nitrogens with zero attached hydrogens (tertiary/aromatic N) is 1. The first-order valence-corrected chi connectivity index (χ1v) is 2.67. The lowest BCUT2D eigenvalue weighted by molar-refractivity contribution is 0.503. The van der Waals surface area contributed by atoms with Crippen LogP contribution in [0.3, 0.4) is 0 Å². The molecule has 0 aromatic carbocycles. The first-order valence-electron chi connectivity index (χ1n) is 2.67. The molecule has 52 valence electrons. The molecule has 1 heterocycles. The fourth-order valence-corrected chi connectivity index (χ4v) is 0.541. The Labute approximate surface area is 57.0 Å². The lowest BCUT2D eigenvalue weighted by Gasteiger charge is -1.92. The van der Waals surface area contributed by atoms with Crippen molar-refractivity contribution in [1.82, 2.24) is 4.98 Å². The predicted octanol–water partition coefficient (Wildman–Crippen LogP) is 2.00. The third kappa shape index (κ3) is 1.18. The van der Waals surface area contributed by atoms with Crippen LogP contribution in [0.2, 0.25) is 0 Å². The van der Waals surface area contributed by atoms with Gasteiger partial charge < -0.3 is 0 Å². The van der Waals surface area contributed by atoms with E-state index in [0.717, 1.165) is 12.3 Å². The van der Waals surface area contributed by atoms with Gasteiger partial charge in [-0.1, -0.05) is 6.58 Å². The second-order valence-electron chi connectivity index (χ2n) is 1.73. The molecular weight excluding hydrogens is 136 g/mol. The molecule has 0 aliphatic heterocycles. The number of halogens is 2. The van der Waals surface area contributed by atoms with Crippen molar-refractivity contribution in [3.05, 3.63) is 36.2 Å². The van der Waals surface area contributed by atoms with Gasteiger partial charge in [-0.2, -0.15) is 0 Å². The molecule has 0 fully saturated rings. The molecule has 1 aromatic heterocycles. The van der Waals surface area contributed by atoms with E-state index in [0.29, 0.717) is 5.69 Å². The minimum Gasteiger partial charge on any atom is -0.254 e. The van der Waals surface area contributed by atoms with Crippen LogP contribution in [0.5, 0.6) is 0 Å². The highest BCUT2D eigenvalue weighted by Crippen LogP contribution is 2.05. The van der Waals surface area contributed by atoms with Gasteiger partial charge in [-0.3, -0.25) is 4.98 Å². The molecule has 0 saturated carbocycles. The van der Waals surface area contributed by atoms with Gasteiger partial charge in [0.2, 0.25) is 0 Å². The summed E-state index contributed by atoms with van der Waals surface area (Å²) in [4.78, 5) is 3.52. The molecule has 0 atom stereocenters. The Hall–Kier alpha value is -1.25. The van der Waals surface area contributed by atoms with E-state index in [2.05, 4.69) is 11.6 Å². The van der Waals surface area contributed by atoms with Crippen LogP contribution in [-0.4, -0.2) is 4.98 Å². The quantitative estimate of drug-likeness (QED) is 0.582. The first-order chi connectivity index (χ1) is 4.74. The maximum atomic E-state index is 12.3. The lowest BCUT2D eigenvalue weighted by Crippen LogP contribution is -1.87. The zero-order valence-corrected chi connectivity index (χ0v) is 5.14. The van der Waals surface area contributed by atoms with Crippen LogP contribution in [-0.2, 0) is 0 Å². The van der Waals surface area contributed by atoms with Crippen LogP contribution in [0.25, 0.3) is 6.08 Å². The Morgan fingerprint density at radius 2 is 2.10 bits per heavy atom. The summed E-state index contributed by atoms with van der Waals surface area (Å²) in [5.41, 5.74) is 0.332. The van der Waals surface area contributed by atoms with Crippen LogP contribution >= 0.6 is 0 Å². The molecule has 0 radical (unpaired) electrons. The minimum absolute atomic E-state index is 0.332. The second kappa shape index (κ2) is 2.56.